The Hall–Kier alpha value is -0.190. The van der Waals surface area contributed by atoms with Gasteiger partial charge in [0.15, 0.2) is 0 Å². The van der Waals surface area contributed by atoms with Crippen molar-refractivity contribution in [2.24, 2.45) is 0 Å². The van der Waals surface area contributed by atoms with E-state index >= 15 is 0 Å². The van der Waals surface area contributed by atoms with Crippen LogP contribution in [0.4, 0.5) is 0 Å². The van der Waals surface area contributed by atoms with Gasteiger partial charge in [-0.05, 0) is 6.07 Å². The lowest BCUT2D eigenvalue weighted by Gasteiger charge is -2.09. The van der Waals surface area contributed by atoms with Gasteiger partial charge in [-0.25, -0.2) is 0 Å². The molecule has 3 nitrogen and oxygen atoms in total. The fraction of sp³-hybridized carbons (Fsp3) is 0.455. The Bertz CT molecular complexity index is 361. The lowest BCUT2D eigenvalue weighted by atomic mass is 10.3. The maximum atomic E-state index is 5.96. The molecule has 0 saturated carbocycles. The molecule has 0 amide bonds. The van der Waals surface area contributed by atoms with Gasteiger partial charge in [-0.1, -0.05) is 34.8 Å². The van der Waals surface area contributed by atoms with Gasteiger partial charge in [-0.3, -0.25) is 0 Å². The summed E-state index contributed by atoms with van der Waals surface area (Å²) in [6.45, 7) is 2.67. The molecule has 1 rings (SSSR count). The Morgan fingerprint density at radius 3 is 2.35 bits per heavy atom. The summed E-state index contributed by atoms with van der Waals surface area (Å²) in [5.41, 5.74) is 0. The van der Waals surface area contributed by atoms with Crippen molar-refractivity contribution in [3.63, 3.8) is 0 Å². The van der Waals surface area contributed by atoms with Gasteiger partial charge in [-0.15, -0.1) is 0 Å². The predicted octanol–water partition coefficient (Wildman–Crippen LogP) is 3.26. The smallest absolute Gasteiger partial charge is 0.139 e. The van der Waals surface area contributed by atoms with Crippen LogP contribution in [0.1, 0.15) is 0 Å². The molecule has 0 fully saturated rings. The van der Waals surface area contributed by atoms with Crippen molar-refractivity contribution in [1.82, 2.24) is 5.32 Å². The molecule has 0 aromatic heterocycles. The molecule has 1 aromatic carbocycles. The van der Waals surface area contributed by atoms with E-state index in [4.69, 9.17) is 44.3 Å². The topological polar surface area (TPSA) is 30.5 Å². The van der Waals surface area contributed by atoms with Crippen LogP contribution >= 0.6 is 34.8 Å². The fourth-order valence-electron chi connectivity index (χ4n) is 1.15. The molecule has 1 aromatic rings. The first kappa shape index (κ1) is 14.9. The van der Waals surface area contributed by atoms with E-state index < -0.39 is 0 Å². The van der Waals surface area contributed by atoms with Gasteiger partial charge < -0.3 is 14.8 Å². The standard InChI is InChI=1S/C11H14Cl3NO2/c1-16-4-2-15-3-5-17-11-7-9(13)8(12)6-10(11)14/h6-7,15H,2-5H2,1H3. The summed E-state index contributed by atoms with van der Waals surface area (Å²) in [4.78, 5) is 0. The molecule has 6 heteroatoms. The van der Waals surface area contributed by atoms with Crippen molar-refractivity contribution >= 4 is 34.8 Å². The monoisotopic (exact) mass is 297 g/mol. The van der Waals surface area contributed by atoms with Gasteiger partial charge in [0.2, 0.25) is 0 Å². The molecule has 0 radical (unpaired) electrons. The average molecular weight is 299 g/mol. The summed E-state index contributed by atoms with van der Waals surface area (Å²) < 4.78 is 10.4. The quantitative estimate of drug-likeness (QED) is 0.619. The van der Waals surface area contributed by atoms with E-state index in [-0.39, 0.29) is 0 Å². The molecule has 0 heterocycles. The van der Waals surface area contributed by atoms with Gasteiger partial charge in [-0.2, -0.15) is 0 Å². The first-order chi connectivity index (χ1) is 8.15. The molecular weight excluding hydrogens is 284 g/mol. The van der Waals surface area contributed by atoms with Crippen molar-refractivity contribution in [2.45, 2.75) is 0 Å². The highest BCUT2D eigenvalue weighted by Gasteiger charge is 2.06. The number of benzene rings is 1. The first-order valence-electron chi connectivity index (χ1n) is 5.12. The Labute approximate surface area is 116 Å². The van der Waals surface area contributed by atoms with E-state index in [2.05, 4.69) is 5.32 Å². The molecule has 0 spiro atoms. The molecule has 96 valence electrons. The van der Waals surface area contributed by atoms with E-state index in [1.54, 1.807) is 19.2 Å². The molecule has 0 unspecified atom stereocenters. The zero-order valence-corrected chi connectivity index (χ0v) is 11.7. The van der Waals surface area contributed by atoms with Crippen molar-refractivity contribution in [2.75, 3.05) is 33.4 Å². The summed E-state index contributed by atoms with van der Waals surface area (Å²) >= 11 is 17.6. The number of halogens is 3. The normalized spacial score (nSPS) is 10.6. The zero-order chi connectivity index (χ0) is 12.7. The fourth-order valence-corrected chi connectivity index (χ4v) is 1.74. The van der Waals surface area contributed by atoms with Crippen molar-refractivity contribution < 1.29 is 9.47 Å². The Morgan fingerprint density at radius 1 is 1.00 bits per heavy atom. The van der Waals surface area contributed by atoms with Crippen LogP contribution in [0.2, 0.25) is 15.1 Å². The minimum Gasteiger partial charge on any atom is -0.491 e. The van der Waals surface area contributed by atoms with Gasteiger partial charge in [0.05, 0.1) is 21.7 Å². The Balaban J connectivity index is 2.34. The molecule has 17 heavy (non-hydrogen) atoms. The van der Waals surface area contributed by atoms with Crippen LogP contribution < -0.4 is 10.1 Å². The minimum absolute atomic E-state index is 0.419. The van der Waals surface area contributed by atoms with Crippen LogP contribution in [-0.2, 0) is 4.74 Å². The van der Waals surface area contributed by atoms with Crippen molar-refractivity contribution in [1.29, 1.82) is 0 Å². The lowest BCUT2D eigenvalue weighted by Crippen LogP contribution is -2.24. The second-order valence-electron chi connectivity index (χ2n) is 3.29. The van der Waals surface area contributed by atoms with E-state index in [1.165, 1.54) is 0 Å². The van der Waals surface area contributed by atoms with Gasteiger partial charge in [0, 0.05) is 26.3 Å². The largest absolute Gasteiger partial charge is 0.491 e. The van der Waals surface area contributed by atoms with Gasteiger partial charge in [0.1, 0.15) is 12.4 Å². The van der Waals surface area contributed by atoms with Crippen LogP contribution in [0.15, 0.2) is 12.1 Å². The van der Waals surface area contributed by atoms with E-state index in [0.717, 1.165) is 6.54 Å². The third-order valence-electron chi connectivity index (χ3n) is 1.99. The molecule has 0 aliphatic rings. The Morgan fingerprint density at radius 2 is 1.65 bits per heavy atom. The zero-order valence-electron chi connectivity index (χ0n) is 9.43. The summed E-state index contributed by atoms with van der Waals surface area (Å²) in [5, 5.41) is 4.45. The summed E-state index contributed by atoms with van der Waals surface area (Å²) in [6.07, 6.45) is 0. The first-order valence-corrected chi connectivity index (χ1v) is 6.25. The maximum Gasteiger partial charge on any atom is 0.139 e. The third kappa shape index (κ3) is 5.32. The van der Waals surface area contributed by atoms with E-state index in [1.807, 2.05) is 0 Å². The highest BCUT2D eigenvalue weighted by atomic mass is 35.5. The number of ether oxygens (including phenoxy) is 2. The van der Waals surface area contributed by atoms with Crippen LogP contribution in [0.3, 0.4) is 0 Å². The summed E-state index contributed by atoms with van der Waals surface area (Å²) in [6, 6.07) is 3.18. The van der Waals surface area contributed by atoms with E-state index in [9.17, 15) is 0 Å². The summed E-state index contributed by atoms with van der Waals surface area (Å²) in [7, 11) is 1.66. The molecule has 0 aliphatic heterocycles. The second-order valence-corrected chi connectivity index (χ2v) is 4.51. The van der Waals surface area contributed by atoms with Crippen LogP contribution in [-0.4, -0.2) is 33.4 Å². The molecular formula is C11H14Cl3NO2. The highest BCUT2D eigenvalue weighted by molar-refractivity contribution is 6.43. The second kappa shape index (κ2) is 8.01. The molecule has 0 atom stereocenters. The predicted molar refractivity (Wildman–Crippen MR) is 71.7 cm³/mol. The van der Waals surface area contributed by atoms with Gasteiger partial charge in [0.25, 0.3) is 0 Å². The van der Waals surface area contributed by atoms with Crippen LogP contribution in [0.25, 0.3) is 0 Å². The Kier molecular flexibility index (Phi) is 7.00. The van der Waals surface area contributed by atoms with Crippen molar-refractivity contribution in [3.05, 3.63) is 27.2 Å². The number of hydrogen-bond acceptors (Lipinski definition) is 3. The molecule has 0 bridgehead atoms. The minimum atomic E-state index is 0.419. The number of rotatable bonds is 7. The van der Waals surface area contributed by atoms with Crippen LogP contribution in [0.5, 0.6) is 5.75 Å². The van der Waals surface area contributed by atoms with Crippen molar-refractivity contribution in [3.8, 4) is 5.75 Å². The molecule has 1 N–H and O–H groups in total. The number of methoxy groups -OCH3 is 1. The molecule has 0 saturated heterocycles. The SMILES string of the molecule is COCCNCCOc1cc(Cl)c(Cl)cc1Cl. The maximum absolute atomic E-state index is 5.96. The summed E-state index contributed by atoms with van der Waals surface area (Å²) in [5.74, 6) is 0.537. The van der Waals surface area contributed by atoms with Crippen LogP contribution in [0, 0.1) is 0 Å². The molecule has 0 aliphatic carbocycles. The van der Waals surface area contributed by atoms with E-state index in [0.29, 0.717) is 40.6 Å². The number of hydrogen-bond donors (Lipinski definition) is 1. The number of nitrogens with one attached hydrogen (secondary N) is 1. The highest BCUT2D eigenvalue weighted by Crippen LogP contribution is 2.33. The lowest BCUT2D eigenvalue weighted by molar-refractivity contribution is 0.197. The van der Waals surface area contributed by atoms with Gasteiger partial charge >= 0.3 is 0 Å². The average Bonchev–Trinajstić information content (AvgIpc) is 2.30. The third-order valence-corrected chi connectivity index (χ3v) is 3.01.